The molecule has 0 bridgehead atoms. The number of alkyl halides is 3. The highest BCUT2D eigenvalue weighted by molar-refractivity contribution is 7.13. The molecule has 0 fully saturated rings. The van der Waals surface area contributed by atoms with Crippen molar-refractivity contribution in [2.24, 2.45) is 10.2 Å². The number of nitrogens with zero attached hydrogens (tertiary/aromatic N) is 6. The first-order chi connectivity index (χ1) is 17.0. The Hall–Kier alpha value is -4.02. The lowest BCUT2D eigenvalue weighted by Crippen LogP contribution is -2.21. The molecule has 0 aliphatic carbocycles. The summed E-state index contributed by atoms with van der Waals surface area (Å²) >= 11 is 1.43. The number of hydrogen-bond donors (Lipinski definition) is 0. The molecule has 0 radical (unpaired) electrons. The van der Waals surface area contributed by atoms with Crippen molar-refractivity contribution in [3.63, 3.8) is 0 Å². The SMILES string of the molecule is CC(C)(CN=[N+]=NC(=O)c1cccc(-n2cnc(C(F)(F)F)c2)c1)c1csc(-c2ccc(F)cc2)n1. The first-order valence-electron chi connectivity index (χ1n) is 10.6. The molecule has 0 aliphatic heterocycles. The van der Waals surface area contributed by atoms with Gasteiger partial charge in [-0.05, 0) is 42.5 Å². The number of carbonyl (C=O) groups excluding carboxylic acids is 1. The molecular weight excluding hydrogens is 496 g/mol. The highest BCUT2D eigenvalue weighted by atomic mass is 32.1. The van der Waals surface area contributed by atoms with Crippen molar-refractivity contribution in [3.05, 3.63) is 89.2 Å². The summed E-state index contributed by atoms with van der Waals surface area (Å²) in [5.74, 6) is -1.01. The summed E-state index contributed by atoms with van der Waals surface area (Å²) in [4.78, 5) is 24.0. The third-order valence-electron chi connectivity index (χ3n) is 5.22. The van der Waals surface area contributed by atoms with Gasteiger partial charge in [0, 0.05) is 28.2 Å². The molecule has 0 spiro atoms. The lowest BCUT2D eigenvalue weighted by Gasteiger charge is -2.16. The lowest BCUT2D eigenvalue weighted by atomic mass is 9.90. The van der Waals surface area contributed by atoms with Crippen LogP contribution < -0.4 is 4.91 Å². The van der Waals surface area contributed by atoms with E-state index < -0.39 is 23.2 Å². The maximum atomic E-state index is 13.2. The van der Waals surface area contributed by atoms with Gasteiger partial charge < -0.3 is 4.57 Å². The Morgan fingerprint density at radius 2 is 1.86 bits per heavy atom. The van der Waals surface area contributed by atoms with Crippen LogP contribution in [0.15, 0.2) is 76.7 Å². The van der Waals surface area contributed by atoms with Gasteiger partial charge in [0.1, 0.15) is 22.5 Å². The average molecular weight is 516 g/mol. The fraction of sp³-hybridized carbons (Fsp3) is 0.208. The van der Waals surface area contributed by atoms with Crippen LogP contribution in [0.5, 0.6) is 0 Å². The van der Waals surface area contributed by atoms with E-state index in [1.807, 2.05) is 19.2 Å². The molecule has 1 amide bonds. The predicted octanol–water partition coefficient (Wildman–Crippen LogP) is 6.24. The Bertz CT molecular complexity index is 1450. The quantitative estimate of drug-likeness (QED) is 0.173. The smallest absolute Gasteiger partial charge is 0.306 e. The third-order valence-corrected chi connectivity index (χ3v) is 6.11. The minimum Gasteiger partial charge on any atom is -0.306 e. The van der Waals surface area contributed by atoms with Crippen LogP contribution in [0.25, 0.3) is 16.3 Å². The van der Waals surface area contributed by atoms with Gasteiger partial charge in [-0.3, -0.25) is 4.79 Å². The molecule has 184 valence electrons. The summed E-state index contributed by atoms with van der Waals surface area (Å²) in [7, 11) is 0. The van der Waals surface area contributed by atoms with Crippen LogP contribution >= 0.6 is 11.3 Å². The minimum absolute atomic E-state index is 0.136. The van der Waals surface area contributed by atoms with Crippen molar-refractivity contribution in [2.45, 2.75) is 25.4 Å². The van der Waals surface area contributed by atoms with E-state index in [1.165, 1.54) is 47.7 Å². The minimum atomic E-state index is -4.57. The zero-order valence-corrected chi connectivity index (χ0v) is 19.9. The maximum Gasteiger partial charge on any atom is 0.434 e. The van der Waals surface area contributed by atoms with E-state index in [2.05, 4.69) is 25.1 Å². The van der Waals surface area contributed by atoms with Crippen molar-refractivity contribution in [3.8, 4) is 16.3 Å². The molecule has 0 unspecified atom stereocenters. The molecule has 0 saturated carbocycles. The van der Waals surface area contributed by atoms with Crippen molar-refractivity contribution in [1.82, 2.24) is 19.4 Å². The number of thiazole rings is 1. The molecule has 2 heterocycles. The molecule has 4 aromatic rings. The molecule has 36 heavy (non-hydrogen) atoms. The van der Waals surface area contributed by atoms with Crippen LogP contribution in [0, 0.1) is 5.82 Å². The lowest BCUT2D eigenvalue weighted by molar-refractivity contribution is -0.140. The van der Waals surface area contributed by atoms with E-state index in [0.29, 0.717) is 5.69 Å². The maximum absolute atomic E-state index is 13.2. The molecule has 2 aromatic carbocycles. The number of amides is 1. The fourth-order valence-corrected chi connectivity index (χ4v) is 4.16. The molecule has 0 N–H and O–H groups in total. The Morgan fingerprint density at radius 1 is 1.11 bits per heavy atom. The second-order valence-corrected chi connectivity index (χ2v) is 9.30. The van der Waals surface area contributed by atoms with Crippen LogP contribution in [0.3, 0.4) is 0 Å². The number of aromatic nitrogens is 3. The van der Waals surface area contributed by atoms with Crippen molar-refractivity contribution in [2.75, 3.05) is 6.54 Å². The first-order valence-corrected chi connectivity index (χ1v) is 11.5. The van der Waals surface area contributed by atoms with Gasteiger partial charge in [0.25, 0.3) is 0 Å². The molecule has 0 atom stereocenters. The van der Waals surface area contributed by atoms with Gasteiger partial charge in [-0.15, -0.1) is 11.3 Å². The largest absolute Gasteiger partial charge is 0.434 e. The zero-order valence-electron chi connectivity index (χ0n) is 19.1. The zero-order chi connectivity index (χ0) is 25.9. The van der Waals surface area contributed by atoms with Crippen LogP contribution in [0.1, 0.15) is 35.6 Å². The topological polar surface area (TPSA) is 86.6 Å². The van der Waals surface area contributed by atoms with Crippen LogP contribution in [0.4, 0.5) is 17.6 Å². The average Bonchev–Trinajstić information content (AvgIpc) is 3.53. The van der Waals surface area contributed by atoms with Crippen LogP contribution in [-0.4, -0.2) is 27.0 Å². The van der Waals surface area contributed by atoms with Crippen LogP contribution in [-0.2, 0) is 11.6 Å². The molecule has 2 aromatic heterocycles. The predicted molar refractivity (Wildman–Crippen MR) is 125 cm³/mol. The van der Waals surface area contributed by atoms with Crippen molar-refractivity contribution >= 4 is 17.2 Å². The van der Waals surface area contributed by atoms with Gasteiger partial charge in [-0.25, -0.2) is 14.4 Å². The molecule has 12 heteroatoms. The van der Waals surface area contributed by atoms with Crippen LogP contribution in [0.2, 0.25) is 0 Å². The summed E-state index contributed by atoms with van der Waals surface area (Å²) in [5, 5.41) is 10.2. The number of imidazole rings is 1. The van der Waals surface area contributed by atoms with Crippen molar-refractivity contribution in [1.29, 1.82) is 0 Å². The van der Waals surface area contributed by atoms with E-state index in [4.69, 9.17) is 0 Å². The van der Waals surface area contributed by atoms with E-state index in [0.717, 1.165) is 33.4 Å². The van der Waals surface area contributed by atoms with E-state index in [-0.39, 0.29) is 17.9 Å². The molecule has 7 nitrogen and oxygen atoms in total. The Labute approximate surface area is 206 Å². The summed E-state index contributed by atoms with van der Waals surface area (Å²) in [6, 6.07) is 12.0. The van der Waals surface area contributed by atoms with E-state index in [1.54, 1.807) is 12.1 Å². The summed E-state index contributed by atoms with van der Waals surface area (Å²) < 4.78 is 52.7. The van der Waals surface area contributed by atoms with Gasteiger partial charge in [0.05, 0.1) is 17.6 Å². The normalized spacial score (nSPS) is 11.7. The van der Waals surface area contributed by atoms with Gasteiger partial charge in [-0.2, -0.15) is 13.2 Å². The summed E-state index contributed by atoms with van der Waals surface area (Å²) in [6.07, 6.45) is -2.71. The molecular formula is C24H19F4N6OS+. The van der Waals surface area contributed by atoms with Crippen molar-refractivity contribution < 1.29 is 22.4 Å². The highest BCUT2D eigenvalue weighted by Crippen LogP contribution is 2.30. The number of rotatable bonds is 6. The Morgan fingerprint density at radius 3 is 2.56 bits per heavy atom. The highest BCUT2D eigenvalue weighted by Gasteiger charge is 2.33. The van der Waals surface area contributed by atoms with Gasteiger partial charge in [0.2, 0.25) is 10.0 Å². The van der Waals surface area contributed by atoms with E-state index >= 15 is 0 Å². The molecule has 4 rings (SSSR count). The van der Waals surface area contributed by atoms with Gasteiger partial charge >= 0.3 is 12.1 Å². The van der Waals surface area contributed by atoms with E-state index in [9.17, 15) is 22.4 Å². The standard InChI is InChI=1S/C24H19F4N6OS/c1-23(2,20-12-36-22(31-20)15-6-8-17(25)9-7-15)13-30-33-32-21(35)16-4-3-5-18(10-16)34-11-19(29-14-34)24(26,27)28/h3-12,14H,13H2,1-2H3/q+1. The van der Waals surface area contributed by atoms with Gasteiger partial charge in [-0.1, -0.05) is 19.9 Å². The molecule has 0 aliphatic rings. The second-order valence-electron chi connectivity index (χ2n) is 8.44. The Kier molecular flexibility index (Phi) is 6.91. The third kappa shape index (κ3) is 5.78. The summed E-state index contributed by atoms with van der Waals surface area (Å²) in [6.45, 7) is 4.04. The monoisotopic (exact) mass is 515 g/mol. The number of carbonyl (C=O) groups is 1. The second kappa shape index (κ2) is 9.92. The Balaban J connectivity index is 1.43. The summed E-state index contributed by atoms with van der Waals surface area (Å²) in [5.41, 5.74) is 0.481. The number of halogens is 4. The fourth-order valence-electron chi connectivity index (χ4n) is 3.14. The first kappa shape index (κ1) is 25.1. The molecule has 0 saturated heterocycles. The van der Waals surface area contributed by atoms with Gasteiger partial charge in [0.15, 0.2) is 5.69 Å². The number of hydrogen-bond acceptors (Lipinski definition) is 5. The number of benzene rings is 2.